The van der Waals surface area contributed by atoms with Gasteiger partial charge in [0.25, 0.3) is 0 Å². The number of anilines is 3. The van der Waals surface area contributed by atoms with Crippen LogP contribution in [0.2, 0.25) is 0 Å². The maximum absolute atomic E-state index is 12.0. The number of hydrogen-bond donors (Lipinski definition) is 2. The van der Waals surface area contributed by atoms with Gasteiger partial charge >= 0.3 is 0 Å². The number of aromatic nitrogens is 2. The molecule has 7 nitrogen and oxygen atoms in total. The first-order valence-electron chi connectivity index (χ1n) is 8.72. The van der Waals surface area contributed by atoms with E-state index in [4.69, 9.17) is 0 Å². The number of nitrogens with one attached hydrogen (secondary N) is 2. The topological polar surface area (TPSA) is 82.5 Å². The highest BCUT2D eigenvalue weighted by Crippen LogP contribution is 2.29. The minimum absolute atomic E-state index is 0.168. The van der Waals surface area contributed by atoms with Crippen LogP contribution >= 0.6 is 0 Å². The molecule has 2 rings (SSSR count). The molecule has 7 heteroatoms. The van der Waals surface area contributed by atoms with Crippen molar-refractivity contribution in [3.63, 3.8) is 0 Å². The molecule has 0 aliphatic carbocycles. The van der Waals surface area contributed by atoms with Gasteiger partial charge in [-0.2, -0.15) is 0 Å². The van der Waals surface area contributed by atoms with Crippen molar-refractivity contribution >= 4 is 35.0 Å². The van der Waals surface area contributed by atoms with Crippen LogP contribution in [0.1, 0.15) is 18.4 Å². The number of amides is 1. The molecule has 1 aromatic carbocycles. The number of nitrogens with zero attached hydrogens (tertiary/aromatic N) is 4. The summed E-state index contributed by atoms with van der Waals surface area (Å²) >= 11 is 0. The molecule has 0 unspecified atom stereocenters. The quantitative estimate of drug-likeness (QED) is 0.578. The Morgan fingerprint density at radius 1 is 1.22 bits per heavy atom. The molecule has 0 aliphatic heterocycles. The maximum atomic E-state index is 12.0. The van der Waals surface area contributed by atoms with Gasteiger partial charge in [-0.05, 0) is 53.1 Å². The highest BCUT2D eigenvalue weighted by atomic mass is 16.1. The van der Waals surface area contributed by atoms with Crippen LogP contribution in [-0.2, 0) is 4.79 Å². The molecular formula is C20H26N6O. The molecule has 1 heterocycles. The SMILES string of the molecule is CC=Nc1c(C)nc(C)nc1Nc1cccc(NC(=O)/C=C/CN(C)C)c1. The predicted octanol–water partition coefficient (Wildman–Crippen LogP) is 3.62. The summed E-state index contributed by atoms with van der Waals surface area (Å²) in [6.07, 6.45) is 5.06. The third kappa shape index (κ3) is 6.31. The lowest BCUT2D eigenvalue weighted by molar-refractivity contribution is -0.111. The lowest BCUT2D eigenvalue weighted by atomic mass is 10.2. The Morgan fingerprint density at radius 2 is 1.96 bits per heavy atom. The summed E-state index contributed by atoms with van der Waals surface area (Å²) in [7, 11) is 3.90. The van der Waals surface area contributed by atoms with Gasteiger partial charge in [0.15, 0.2) is 5.82 Å². The molecule has 2 N–H and O–H groups in total. The molecule has 142 valence electrons. The van der Waals surface area contributed by atoms with Crippen LogP contribution in [0.4, 0.5) is 22.9 Å². The summed E-state index contributed by atoms with van der Waals surface area (Å²) in [5, 5.41) is 6.13. The molecule has 0 radical (unpaired) electrons. The fourth-order valence-electron chi connectivity index (χ4n) is 2.44. The summed E-state index contributed by atoms with van der Waals surface area (Å²) in [6, 6.07) is 7.46. The van der Waals surface area contributed by atoms with Gasteiger partial charge in [0, 0.05) is 30.2 Å². The van der Waals surface area contributed by atoms with Gasteiger partial charge in [-0.3, -0.25) is 9.79 Å². The van der Waals surface area contributed by atoms with Gasteiger partial charge < -0.3 is 15.5 Å². The molecule has 0 fully saturated rings. The van der Waals surface area contributed by atoms with E-state index in [1.807, 2.05) is 70.1 Å². The number of carbonyl (C=O) groups is 1. The van der Waals surface area contributed by atoms with Crippen LogP contribution in [0, 0.1) is 13.8 Å². The molecular weight excluding hydrogens is 340 g/mol. The molecule has 1 amide bonds. The van der Waals surface area contributed by atoms with E-state index in [-0.39, 0.29) is 5.91 Å². The zero-order chi connectivity index (χ0) is 19.8. The fourth-order valence-corrected chi connectivity index (χ4v) is 2.44. The number of hydrogen-bond acceptors (Lipinski definition) is 6. The van der Waals surface area contributed by atoms with Crippen molar-refractivity contribution < 1.29 is 4.79 Å². The zero-order valence-electron chi connectivity index (χ0n) is 16.4. The van der Waals surface area contributed by atoms with E-state index >= 15 is 0 Å². The maximum Gasteiger partial charge on any atom is 0.248 e. The second kappa shape index (κ2) is 9.59. The Morgan fingerprint density at radius 3 is 2.67 bits per heavy atom. The minimum atomic E-state index is -0.168. The fraction of sp³-hybridized carbons (Fsp3) is 0.300. The average molecular weight is 366 g/mol. The average Bonchev–Trinajstić information content (AvgIpc) is 2.58. The summed E-state index contributed by atoms with van der Waals surface area (Å²) < 4.78 is 0. The molecule has 0 saturated carbocycles. The highest BCUT2D eigenvalue weighted by Gasteiger charge is 2.10. The van der Waals surface area contributed by atoms with E-state index in [2.05, 4.69) is 25.6 Å². The summed E-state index contributed by atoms with van der Waals surface area (Å²) in [5.74, 6) is 1.13. The summed E-state index contributed by atoms with van der Waals surface area (Å²) in [5.41, 5.74) is 3.00. The Kier molecular flexibility index (Phi) is 7.19. The van der Waals surface area contributed by atoms with E-state index in [0.717, 1.165) is 11.4 Å². The largest absolute Gasteiger partial charge is 0.338 e. The zero-order valence-corrected chi connectivity index (χ0v) is 16.4. The number of aliphatic imine (C=N–C) groups is 1. The molecule has 27 heavy (non-hydrogen) atoms. The van der Waals surface area contributed by atoms with E-state index in [9.17, 15) is 4.79 Å². The van der Waals surface area contributed by atoms with Crippen molar-refractivity contribution in [3.8, 4) is 0 Å². The molecule has 1 aromatic heterocycles. The summed E-state index contributed by atoms with van der Waals surface area (Å²) in [4.78, 5) is 27.2. The second-order valence-electron chi connectivity index (χ2n) is 6.30. The van der Waals surface area contributed by atoms with Crippen molar-refractivity contribution in [3.05, 3.63) is 47.9 Å². The summed E-state index contributed by atoms with van der Waals surface area (Å²) in [6.45, 7) is 6.30. The number of benzene rings is 1. The Balaban J connectivity index is 2.17. The molecule has 0 saturated heterocycles. The van der Waals surface area contributed by atoms with Crippen molar-refractivity contribution in [1.82, 2.24) is 14.9 Å². The highest BCUT2D eigenvalue weighted by molar-refractivity contribution is 5.99. The molecule has 0 spiro atoms. The van der Waals surface area contributed by atoms with E-state index in [1.54, 1.807) is 6.21 Å². The number of rotatable bonds is 7. The second-order valence-corrected chi connectivity index (χ2v) is 6.30. The Labute approximate surface area is 160 Å². The van der Waals surface area contributed by atoms with E-state index in [0.29, 0.717) is 29.6 Å². The molecule has 0 aliphatic rings. The van der Waals surface area contributed by atoms with Crippen LogP contribution in [-0.4, -0.2) is 47.6 Å². The van der Waals surface area contributed by atoms with E-state index < -0.39 is 0 Å². The van der Waals surface area contributed by atoms with Crippen LogP contribution in [0.3, 0.4) is 0 Å². The lowest BCUT2D eigenvalue weighted by Gasteiger charge is -2.12. The van der Waals surface area contributed by atoms with Gasteiger partial charge in [-0.25, -0.2) is 9.97 Å². The monoisotopic (exact) mass is 366 g/mol. The predicted molar refractivity (Wildman–Crippen MR) is 111 cm³/mol. The first-order valence-corrected chi connectivity index (χ1v) is 8.72. The first kappa shape index (κ1) is 20.3. The molecule has 0 atom stereocenters. The molecule has 0 bridgehead atoms. The minimum Gasteiger partial charge on any atom is -0.338 e. The third-order valence-corrected chi connectivity index (χ3v) is 3.56. The Bertz CT molecular complexity index is 858. The van der Waals surface area contributed by atoms with Gasteiger partial charge in [-0.1, -0.05) is 12.1 Å². The van der Waals surface area contributed by atoms with Crippen molar-refractivity contribution in [1.29, 1.82) is 0 Å². The van der Waals surface area contributed by atoms with Crippen molar-refractivity contribution in [2.45, 2.75) is 20.8 Å². The normalized spacial score (nSPS) is 11.5. The van der Waals surface area contributed by atoms with Crippen LogP contribution in [0.25, 0.3) is 0 Å². The van der Waals surface area contributed by atoms with E-state index in [1.165, 1.54) is 6.08 Å². The van der Waals surface area contributed by atoms with Crippen molar-refractivity contribution in [2.24, 2.45) is 4.99 Å². The van der Waals surface area contributed by atoms with Crippen LogP contribution in [0.15, 0.2) is 41.4 Å². The number of carbonyl (C=O) groups excluding carboxylic acids is 1. The lowest BCUT2D eigenvalue weighted by Crippen LogP contribution is -2.13. The Hall–Kier alpha value is -3.06. The molecule has 2 aromatic rings. The van der Waals surface area contributed by atoms with Crippen LogP contribution < -0.4 is 10.6 Å². The smallest absolute Gasteiger partial charge is 0.248 e. The van der Waals surface area contributed by atoms with Crippen molar-refractivity contribution in [2.75, 3.05) is 31.3 Å². The first-order chi connectivity index (χ1) is 12.9. The van der Waals surface area contributed by atoms with Gasteiger partial charge in [-0.15, -0.1) is 0 Å². The standard InChI is InChI=1S/C20H26N6O/c1-6-21-19-14(2)22-15(3)23-20(19)25-17-10-7-9-16(13-17)24-18(27)11-8-12-26(4)5/h6-11,13H,12H2,1-5H3,(H,24,27)(H,22,23,25)/b11-8+,21-6?. The van der Waals surface area contributed by atoms with Gasteiger partial charge in [0.05, 0.1) is 5.69 Å². The van der Waals surface area contributed by atoms with Gasteiger partial charge in [0.2, 0.25) is 5.91 Å². The number of aryl methyl sites for hydroxylation is 2. The van der Waals surface area contributed by atoms with Crippen LogP contribution in [0.5, 0.6) is 0 Å². The number of likely N-dealkylation sites (N-methyl/N-ethyl adjacent to an activating group) is 1. The van der Waals surface area contributed by atoms with Gasteiger partial charge in [0.1, 0.15) is 11.5 Å². The third-order valence-electron chi connectivity index (χ3n) is 3.56.